The second-order valence-corrected chi connectivity index (χ2v) is 3.42. The van der Waals surface area contributed by atoms with Crippen LogP contribution in [0, 0.1) is 0 Å². The van der Waals surface area contributed by atoms with E-state index in [9.17, 15) is 4.39 Å². The van der Waals surface area contributed by atoms with Crippen molar-refractivity contribution in [2.24, 2.45) is 5.73 Å². The van der Waals surface area contributed by atoms with Crippen LogP contribution in [0.25, 0.3) is 0 Å². The van der Waals surface area contributed by atoms with Crippen LogP contribution in [-0.4, -0.2) is 11.5 Å². The number of pyridine rings is 1. The molecule has 0 fully saturated rings. The molecule has 0 aliphatic heterocycles. The van der Waals surface area contributed by atoms with Crippen molar-refractivity contribution in [3.05, 3.63) is 22.8 Å². The first-order valence-electron chi connectivity index (χ1n) is 3.78. The van der Waals surface area contributed by atoms with Gasteiger partial charge in [0.2, 0.25) is 0 Å². The third-order valence-corrected chi connectivity index (χ3v) is 2.04. The molecule has 1 rings (SSSR count). The molecule has 0 aromatic carbocycles. The number of nitrogens with two attached hydrogens (primary N) is 2. The topological polar surface area (TPSA) is 64.9 Å². The van der Waals surface area contributed by atoms with Gasteiger partial charge in [0.15, 0.2) is 0 Å². The monoisotopic (exact) mass is 203 g/mol. The molecule has 0 saturated carbocycles. The Bertz CT molecular complexity index is 314. The molecule has 0 spiro atoms. The van der Waals surface area contributed by atoms with E-state index in [1.807, 2.05) is 0 Å². The number of nitrogen functional groups attached to an aromatic ring is 1. The molecule has 1 heterocycles. The zero-order chi connectivity index (χ0) is 10.1. The van der Waals surface area contributed by atoms with Crippen LogP contribution in [0.3, 0.4) is 0 Å². The Morgan fingerprint density at radius 3 is 2.85 bits per heavy atom. The lowest BCUT2D eigenvalue weighted by molar-refractivity contribution is 0.204. The molecule has 13 heavy (non-hydrogen) atoms. The standard InChI is InChI=1S/C8H11ClFN3/c1-8(10,4-11)6-2-5(9)3-13-7(6)12/h2-3H,4,11H2,1H3,(H2,12,13). The fraction of sp³-hybridized carbons (Fsp3) is 0.375. The molecule has 0 saturated heterocycles. The van der Waals surface area contributed by atoms with E-state index in [0.29, 0.717) is 5.02 Å². The van der Waals surface area contributed by atoms with Crippen LogP contribution < -0.4 is 11.5 Å². The molecule has 72 valence electrons. The third kappa shape index (κ3) is 2.08. The molecular formula is C8H11ClFN3. The summed E-state index contributed by atoms with van der Waals surface area (Å²) >= 11 is 5.65. The van der Waals surface area contributed by atoms with Crippen LogP contribution in [-0.2, 0) is 5.67 Å². The molecule has 4 N–H and O–H groups in total. The Balaban J connectivity index is 3.20. The Kier molecular flexibility index (Phi) is 2.73. The van der Waals surface area contributed by atoms with Gasteiger partial charge in [-0.1, -0.05) is 11.6 Å². The maximum absolute atomic E-state index is 13.7. The quantitative estimate of drug-likeness (QED) is 0.765. The summed E-state index contributed by atoms with van der Waals surface area (Å²) in [7, 11) is 0. The second kappa shape index (κ2) is 3.47. The number of hydrogen-bond acceptors (Lipinski definition) is 3. The fourth-order valence-corrected chi connectivity index (χ4v) is 1.14. The van der Waals surface area contributed by atoms with Gasteiger partial charge in [-0.25, -0.2) is 9.37 Å². The Labute approximate surface area is 80.9 Å². The predicted octanol–water partition coefficient (Wildman–Crippen LogP) is 1.46. The van der Waals surface area contributed by atoms with Crippen molar-refractivity contribution in [2.45, 2.75) is 12.6 Å². The van der Waals surface area contributed by atoms with Gasteiger partial charge in [0.25, 0.3) is 0 Å². The minimum atomic E-state index is -1.68. The summed E-state index contributed by atoms with van der Waals surface area (Å²) in [6, 6.07) is 1.44. The van der Waals surface area contributed by atoms with E-state index < -0.39 is 5.67 Å². The van der Waals surface area contributed by atoms with Crippen molar-refractivity contribution in [2.75, 3.05) is 12.3 Å². The zero-order valence-corrected chi connectivity index (χ0v) is 7.98. The summed E-state index contributed by atoms with van der Waals surface area (Å²) < 4.78 is 13.7. The van der Waals surface area contributed by atoms with Crippen LogP contribution in [0.4, 0.5) is 10.2 Å². The molecule has 3 nitrogen and oxygen atoms in total. The number of halogens is 2. The summed E-state index contributed by atoms with van der Waals surface area (Å²) in [5.41, 5.74) is 9.30. The molecule has 5 heteroatoms. The summed E-state index contributed by atoms with van der Waals surface area (Å²) in [6.07, 6.45) is 1.37. The molecule has 0 aliphatic rings. The van der Waals surface area contributed by atoms with Gasteiger partial charge in [-0.3, -0.25) is 0 Å². The second-order valence-electron chi connectivity index (χ2n) is 2.99. The zero-order valence-electron chi connectivity index (χ0n) is 7.22. The van der Waals surface area contributed by atoms with Crippen molar-refractivity contribution in [1.82, 2.24) is 4.98 Å². The minimum Gasteiger partial charge on any atom is -0.383 e. The lowest BCUT2D eigenvalue weighted by atomic mass is 9.99. The van der Waals surface area contributed by atoms with Crippen LogP contribution in [0.15, 0.2) is 12.3 Å². The highest BCUT2D eigenvalue weighted by molar-refractivity contribution is 6.30. The lowest BCUT2D eigenvalue weighted by Gasteiger charge is -2.19. The van der Waals surface area contributed by atoms with Gasteiger partial charge in [0.05, 0.1) is 5.02 Å². The predicted molar refractivity (Wildman–Crippen MR) is 51.2 cm³/mol. The first-order chi connectivity index (χ1) is 5.97. The molecule has 0 radical (unpaired) electrons. The van der Waals surface area contributed by atoms with E-state index in [2.05, 4.69) is 4.98 Å². The Hall–Kier alpha value is -0.870. The highest BCUT2D eigenvalue weighted by Gasteiger charge is 2.27. The van der Waals surface area contributed by atoms with Crippen molar-refractivity contribution < 1.29 is 4.39 Å². The number of rotatable bonds is 2. The molecule has 1 aromatic heterocycles. The largest absolute Gasteiger partial charge is 0.383 e. The van der Waals surface area contributed by atoms with Crippen molar-refractivity contribution in [3.8, 4) is 0 Å². The molecule has 0 aliphatic carbocycles. The number of aromatic nitrogens is 1. The summed E-state index contributed by atoms with van der Waals surface area (Å²) in [4.78, 5) is 3.74. The normalized spacial score (nSPS) is 15.4. The number of hydrogen-bond donors (Lipinski definition) is 2. The maximum Gasteiger partial charge on any atom is 0.148 e. The van der Waals surface area contributed by atoms with Gasteiger partial charge in [-0.2, -0.15) is 0 Å². The van der Waals surface area contributed by atoms with Gasteiger partial charge in [-0.15, -0.1) is 0 Å². The molecule has 0 amide bonds. The Morgan fingerprint density at radius 2 is 2.31 bits per heavy atom. The van der Waals surface area contributed by atoms with Crippen molar-refractivity contribution in [3.63, 3.8) is 0 Å². The molecule has 0 bridgehead atoms. The van der Waals surface area contributed by atoms with Crippen molar-refractivity contribution >= 4 is 17.4 Å². The highest BCUT2D eigenvalue weighted by atomic mass is 35.5. The van der Waals surface area contributed by atoms with Crippen LogP contribution >= 0.6 is 11.6 Å². The number of nitrogens with zero attached hydrogens (tertiary/aromatic N) is 1. The van der Waals surface area contributed by atoms with E-state index in [0.717, 1.165) is 0 Å². The minimum absolute atomic E-state index is 0.125. The van der Waals surface area contributed by atoms with Crippen LogP contribution in [0.5, 0.6) is 0 Å². The SMILES string of the molecule is CC(F)(CN)c1cc(Cl)cnc1N. The van der Waals surface area contributed by atoms with E-state index in [4.69, 9.17) is 23.1 Å². The van der Waals surface area contributed by atoms with Gasteiger partial charge < -0.3 is 11.5 Å². The average molecular weight is 204 g/mol. The van der Waals surface area contributed by atoms with E-state index in [-0.39, 0.29) is 17.9 Å². The maximum atomic E-state index is 13.7. The van der Waals surface area contributed by atoms with Gasteiger partial charge in [0.1, 0.15) is 11.5 Å². The van der Waals surface area contributed by atoms with E-state index in [1.165, 1.54) is 19.2 Å². The average Bonchev–Trinajstić information content (AvgIpc) is 2.09. The number of anilines is 1. The van der Waals surface area contributed by atoms with E-state index in [1.54, 1.807) is 0 Å². The molecule has 1 unspecified atom stereocenters. The fourth-order valence-electron chi connectivity index (χ4n) is 0.977. The first kappa shape index (κ1) is 10.2. The highest BCUT2D eigenvalue weighted by Crippen LogP contribution is 2.29. The smallest absolute Gasteiger partial charge is 0.148 e. The van der Waals surface area contributed by atoms with E-state index >= 15 is 0 Å². The van der Waals surface area contributed by atoms with Gasteiger partial charge >= 0.3 is 0 Å². The molecule has 1 aromatic rings. The first-order valence-corrected chi connectivity index (χ1v) is 4.15. The summed E-state index contributed by atoms with van der Waals surface area (Å²) in [5.74, 6) is 0.125. The van der Waals surface area contributed by atoms with Crippen LogP contribution in [0.1, 0.15) is 12.5 Å². The summed E-state index contributed by atoms with van der Waals surface area (Å²) in [6.45, 7) is 1.19. The summed E-state index contributed by atoms with van der Waals surface area (Å²) in [5, 5.41) is 0.349. The molecule has 1 atom stereocenters. The third-order valence-electron chi connectivity index (χ3n) is 1.83. The Morgan fingerprint density at radius 1 is 1.69 bits per heavy atom. The van der Waals surface area contributed by atoms with Gasteiger partial charge in [-0.05, 0) is 13.0 Å². The van der Waals surface area contributed by atoms with Crippen molar-refractivity contribution in [1.29, 1.82) is 0 Å². The van der Waals surface area contributed by atoms with Gasteiger partial charge in [0, 0.05) is 18.3 Å². The lowest BCUT2D eigenvalue weighted by Crippen LogP contribution is -2.28. The number of alkyl halides is 1. The van der Waals surface area contributed by atoms with Crippen LogP contribution in [0.2, 0.25) is 5.02 Å². The molecular weight excluding hydrogens is 193 g/mol.